The fraction of sp³-hybridized carbons (Fsp3) is 0.222. The second-order valence-electron chi connectivity index (χ2n) is 2.82. The van der Waals surface area contributed by atoms with Gasteiger partial charge in [-0.1, -0.05) is 0 Å². The SMILES string of the molecule is CNC(c1csc(Br)c1)c1cscn1. The zero-order chi connectivity index (χ0) is 9.97. The monoisotopic (exact) mass is 288 g/mol. The van der Waals surface area contributed by atoms with Gasteiger partial charge in [0, 0.05) is 5.38 Å². The first-order valence-electron chi connectivity index (χ1n) is 4.10. The minimum atomic E-state index is 0.212. The number of halogens is 1. The number of nitrogens with one attached hydrogen (secondary N) is 1. The molecule has 0 radical (unpaired) electrons. The van der Waals surface area contributed by atoms with E-state index in [0.29, 0.717) is 0 Å². The van der Waals surface area contributed by atoms with Gasteiger partial charge in [0.2, 0.25) is 0 Å². The van der Waals surface area contributed by atoms with Crippen LogP contribution < -0.4 is 5.32 Å². The zero-order valence-electron chi connectivity index (χ0n) is 7.53. The molecule has 5 heteroatoms. The minimum absolute atomic E-state index is 0.212. The molecule has 1 unspecified atom stereocenters. The fourth-order valence-electron chi connectivity index (χ4n) is 1.32. The van der Waals surface area contributed by atoms with E-state index in [2.05, 4.69) is 43.1 Å². The molecule has 0 spiro atoms. The zero-order valence-corrected chi connectivity index (χ0v) is 10.7. The van der Waals surface area contributed by atoms with Crippen LogP contribution in [0.3, 0.4) is 0 Å². The lowest BCUT2D eigenvalue weighted by Gasteiger charge is -2.11. The van der Waals surface area contributed by atoms with E-state index in [1.807, 2.05) is 12.6 Å². The van der Waals surface area contributed by atoms with Crippen molar-refractivity contribution in [1.82, 2.24) is 10.3 Å². The van der Waals surface area contributed by atoms with Crippen LogP contribution in [0.1, 0.15) is 17.3 Å². The molecule has 0 amide bonds. The van der Waals surface area contributed by atoms with Gasteiger partial charge in [-0.05, 0) is 40.0 Å². The summed E-state index contributed by atoms with van der Waals surface area (Å²) in [7, 11) is 1.95. The summed E-state index contributed by atoms with van der Waals surface area (Å²) < 4.78 is 1.16. The van der Waals surface area contributed by atoms with E-state index in [-0.39, 0.29) is 6.04 Å². The predicted octanol–water partition coefficient (Wildman–Crippen LogP) is 3.28. The van der Waals surface area contributed by atoms with Crippen LogP contribution in [0.5, 0.6) is 0 Å². The summed E-state index contributed by atoms with van der Waals surface area (Å²) in [5, 5.41) is 7.48. The number of hydrogen-bond acceptors (Lipinski definition) is 4. The Kier molecular flexibility index (Phi) is 3.33. The molecule has 0 aliphatic heterocycles. The van der Waals surface area contributed by atoms with Crippen molar-refractivity contribution < 1.29 is 0 Å². The third-order valence-electron chi connectivity index (χ3n) is 1.96. The quantitative estimate of drug-likeness (QED) is 0.938. The Labute approximate surface area is 99.1 Å². The van der Waals surface area contributed by atoms with Crippen molar-refractivity contribution in [1.29, 1.82) is 0 Å². The maximum Gasteiger partial charge on any atom is 0.0795 e. The molecule has 74 valence electrons. The van der Waals surface area contributed by atoms with Crippen LogP contribution in [0.25, 0.3) is 0 Å². The van der Waals surface area contributed by atoms with Gasteiger partial charge in [0.05, 0.1) is 21.0 Å². The van der Waals surface area contributed by atoms with Crippen molar-refractivity contribution in [2.45, 2.75) is 6.04 Å². The van der Waals surface area contributed by atoms with Gasteiger partial charge in [-0.15, -0.1) is 22.7 Å². The van der Waals surface area contributed by atoms with Crippen molar-refractivity contribution in [3.8, 4) is 0 Å². The lowest BCUT2D eigenvalue weighted by atomic mass is 10.1. The van der Waals surface area contributed by atoms with E-state index < -0.39 is 0 Å². The van der Waals surface area contributed by atoms with Gasteiger partial charge in [0.1, 0.15) is 0 Å². The van der Waals surface area contributed by atoms with Crippen molar-refractivity contribution >= 4 is 38.6 Å². The molecular weight excluding hydrogens is 280 g/mol. The van der Waals surface area contributed by atoms with Gasteiger partial charge in [-0.3, -0.25) is 0 Å². The summed E-state index contributed by atoms with van der Waals surface area (Å²) in [6.45, 7) is 0. The standard InChI is InChI=1S/C9H9BrN2S2/c1-11-9(7-4-13-5-12-7)6-2-8(10)14-3-6/h2-5,9,11H,1H3. The molecule has 0 aliphatic rings. The molecule has 0 bridgehead atoms. The molecule has 0 aromatic carbocycles. The van der Waals surface area contributed by atoms with Crippen LogP contribution in [-0.4, -0.2) is 12.0 Å². The number of hydrogen-bond donors (Lipinski definition) is 1. The Bertz CT molecular complexity index is 397. The van der Waals surface area contributed by atoms with Crippen LogP contribution in [0.4, 0.5) is 0 Å². The van der Waals surface area contributed by atoms with Gasteiger partial charge in [-0.25, -0.2) is 4.98 Å². The lowest BCUT2D eigenvalue weighted by molar-refractivity contribution is 0.677. The Balaban J connectivity index is 2.31. The summed E-state index contributed by atoms with van der Waals surface area (Å²) in [5.74, 6) is 0. The maximum absolute atomic E-state index is 4.32. The van der Waals surface area contributed by atoms with Crippen molar-refractivity contribution in [3.05, 3.63) is 37.4 Å². The minimum Gasteiger partial charge on any atom is -0.308 e. The summed E-state index contributed by atoms with van der Waals surface area (Å²) in [6.07, 6.45) is 0. The molecule has 2 aromatic heterocycles. The normalized spacial score (nSPS) is 13.0. The van der Waals surface area contributed by atoms with Crippen molar-refractivity contribution in [2.75, 3.05) is 7.05 Å². The van der Waals surface area contributed by atoms with Crippen LogP contribution in [0, 0.1) is 0 Å². The number of aromatic nitrogens is 1. The average Bonchev–Trinajstić information content (AvgIpc) is 2.79. The molecule has 0 aliphatic carbocycles. The fourth-order valence-corrected chi connectivity index (χ4v) is 3.11. The molecule has 0 fully saturated rings. The molecule has 0 saturated carbocycles. The summed E-state index contributed by atoms with van der Waals surface area (Å²) in [6, 6.07) is 2.34. The van der Waals surface area contributed by atoms with Gasteiger partial charge in [0.25, 0.3) is 0 Å². The second kappa shape index (κ2) is 4.53. The van der Waals surface area contributed by atoms with E-state index in [9.17, 15) is 0 Å². The highest BCUT2D eigenvalue weighted by Gasteiger charge is 2.14. The number of rotatable bonds is 3. The highest BCUT2D eigenvalue weighted by Crippen LogP contribution is 2.28. The van der Waals surface area contributed by atoms with Crippen molar-refractivity contribution in [2.24, 2.45) is 0 Å². The average molecular weight is 289 g/mol. The van der Waals surface area contributed by atoms with Crippen LogP contribution in [0.15, 0.2) is 26.1 Å². The van der Waals surface area contributed by atoms with E-state index in [1.54, 1.807) is 22.7 Å². The van der Waals surface area contributed by atoms with E-state index >= 15 is 0 Å². The number of thiophene rings is 1. The van der Waals surface area contributed by atoms with Gasteiger partial charge in [0.15, 0.2) is 0 Å². The number of nitrogens with zero attached hydrogens (tertiary/aromatic N) is 1. The van der Waals surface area contributed by atoms with Gasteiger partial charge < -0.3 is 5.32 Å². The summed E-state index contributed by atoms with van der Waals surface area (Å²) >= 11 is 6.79. The van der Waals surface area contributed by atoms with Crippen LogP contribution >= 0.6 is 38.6 Å². The molecule has 0 saturated heterocycles. The Morgan fingerprint density at radius 3 is 2.86 bits per heavy atom. The molecular formula is C9H9BrN2S2. The molecule has 2 rings (SSSR count). The third-order valence-corrected chi connectivity index (χ3v) is 4.08. The topological polar surface area (TPSA) is 24.9 Å². The second-order valence-corrected chi connectivity index (χ2v) is 5.83. The van der Waals surface area contributed by atoms with E-state index in [4.69, 9.17) is 0 Å². The van der Waals surface area contributed by atoms with Crippen molar-refractivity contribution in [3.63, 3.8) is 0 Å². The third kappa shape index (κ3) is 2.06. The molecule has 14 heavy (non-hydrogen) atoms. The predicted molar refractivity (Wildman–Crippen MR) is 65.0 cm³/mol. The molecule has 1 N–H and O–H groups in total. The first-order valence-corrected chi connectivity index (χ1v) is 6.72. The first kappa shape index (κ1) is 10.3. The molecule has 2 heterocycles. The van der Waals surface area contributed by atoms with E-state index in [0.717, 1.165) is 9.48 Å². The highest BCUT2D eigenvalue weighted by atomic mass is 79.9. The molecule has 1 atom stereocenters. The largest absolute Gasteiger partial charge is 0.308 e. The van der Waals surface area contributed by atoms with Crippen LogP contribution in [-0.2, 0) is 0 Å². The maximum atomic E-state index is 4.32. The number of thiazole rings is 1. The Morgan fingerprint density at radius 2 is 2.36 bits per heavy atom. The Morgan fingerprint density at radius 1 is 1.50 bits per heavy atom. The smallest absolute Gasteiger partial charge is 0.0795 e. The summed E-state index contributed by atoms with van der Waals surface area (Å²) in [5.41, 5.74) is 4.21. The molecule has 2 nitrogen and oxygen atoms in total. The van der Waals surface area contributed by atoms with Gasteiger partial charge >= 0.3 is 0 Å². The molecule has 2 aromatic rings. The summed E-state index contributed by atoms with van der Waals surface area (Å²) in [4.78, 5) is 4.32. The Hall–Kier alpha value is -0.230. The van der Waals surface area contributed by atoms with Gasteiger partial charge in [-0.2, -0.15) is 0 Å². The van der Waals surface area contributed by atoms with E-state index in [1.165, 1.54) is 5.56 Å². The first-order chi connectivity index (χ1) is 6.81. The lowest BCUT2D eigenvalue weighted by Crippen LogP contribution is -2.17. The van der Waals surface area contributed by atoms with Crippen LogP contribution in [0.2, 0.25) is 0 Å². The highest BCUT2D eigenvalue weighted by molar-refractivity contribution is 9.11.